The number of benzene rings is 1. The first-order valence-electron chi connectivity index (χ1n) is 8.29. The minimum atomic E-state index is -4.56. The van der Waals surface area contributed by atoms with E-state index in [0.717, 1.165) is 21.6 Å². The highest BCUT2D eigenvalue weighted by atomic mass is 79.9. The van der Waals surface area contributed by atoms with Crippen molar-refractivity contribution in [3.63, 3.8) is 0 Å². The minimum absolute atomic E-state index is 0.165. The van der Waals surface area contributed by atoms with Crippen molar-refractivity contribution in [2.24, 2.45) is 7.05 Å². The summed E-state index contributed by atoms with van der Waals surface area (Å²) in [6, 6.07) is 11.7. The van der Waals surface area contributed by atoms with Crippen LogP contribution in [-0.2, 0) is 19.8 Å². The fraction of sp³-hybridized carbons (Fsp3) is 0.176. The van der Waals surface area contributed by atoms with Gasteiger partial charge in [0.05, 0.1) is 11.0 Å². The van der Waals surface area contributed by atoms with Gasteiger partial charge >= 0.3 is 6.18 Å². The Bertz CT molecular complexity index is 1130. The zero-order chi connectivity index (χ0) is 20.6. The smallest absolute Gasteiger partial charge is 0.313 e. The molecule has 0 bridgehead atoms. The molecule has 1 aromatic carbocycles. The highest BCUT2D eigenvalue weighted by Crippen LogP contribution is 2.40. The lowest BCUT2D eigenvalue weighted by molar-refractivity contribution is -0.142. The lowest BCUT2D eigenvalue weighted by atomic mass is 10.2. The van der Waals surface area contributed by atoms with E-state index in [1.807, 2.05) is 36.5 Å². The zero-order valence-corrected chi connectivity index (χ0v) is 17.3. The number of hydrogen-bond acceptors (Lipinski definition) is 6. The first-order valence-corrected chi connectivity index (χ1v) is 9.90. The molecule has 4 rings (SSSR count). The Hall–Kier alpha value is -2.73. The quantitative estimate of drug-likeness (QED) is 0.445. The van der Waals surface area contributed by atoms with Crippen molar-refractivity contribution >= 4 is 38.2 Å². The van der Waals surface area contributed by atoms with E-state index in [1.54, 1.807) is 10.7 Å². The van der Waals surface area contributed by atoms with Gasteiger partial charge in [0.1, 0.15) is 5.69 Å². The number of aromatic nitrogens is 6. The van der Waals surface area contributed by atoms with Gasteiger partial charge in [0.2, 0.25) is 5.13 Å². The molecule has 150 valence electrons. The number of alkyl halides is 3. The number of anilines is 2. The molecule has 0 spiro atoms. The molecule has 3 aromatic heterocycles. The van der Waals surface area contributed by atoms with Crippen LogP contribution in [0.15, 0.2) is 47.1 Å². The van der Waals surface area contributed by atoms with Crippen LogP contribution in [0.3, 0.4) is 0 Å². The van der Waals surface area contributed by atoms with Crippen LogP contribution in [0.1, 0.15) is 11.3 Å². The molecule has 7 nitrogen and oxygen atoms in total. The van der Waals surface area contributed by atoms with E-state index in [9.17, 15) is 13.2 Å². The molecular formula is C17H13BrF3N7S. The molecule has 0 unspecified atom stereocenters. The standard InChI is InChI=1S/C17H13BrF3N7S/c1-27-13(12(18)14(26-27)17(19,20)21)15-23-24-16(29-15)22-11-7-8-28(25-11)9-10-5-3-2-4-6-10/h2-8H,9H2,1H3,(H,22,24,25). The number of halogens is 4. The lowest BCUT2D eigenvalue weighted by Gasteiger charge is -2.01. The lowest BCUT2D eigenvalue weighted by Crippen LogP contribution is -2.07. The number of aryl methyl sites for hydroxylation is 1. The Labute approximate surface area is 175 Å². The van der Waals surface area contributed by atoms with Gasteiger partial charge in [-0.25, -0.2) is 0 Å². The first kappa shape index (κ1) is 19.6. The topological polar surface area (TPSA) is 73.5 Å². The summed E-state index contributed by atoms with van der Waals surface area (Å²) in [5.74, 6) is 0.559. The van der Waals surface area contributed by atoms with Crippen molar-refractivity contribution in [2.45, 2.75) is 12.7 Å². The van der Waals surface area contributed by atoms with Crippen molar-refractivity contribution in [2.75, 3.05) is 5.32 Å². The normalized spacial score (nSPS) is 11.8. The Balaban J connectivity index is 1.52. The third-order valence-electron chi connectivity index (χ3n) is 3.95. The third-order valence-corrected chi connectivity index (χ3v) is 5.55. The summed E-state index contributed by atoms with van der Waals surface area (Å²) in [6.45, 7) is 0.617. The van der Waals surface area contributed by atoms with Gasteiger partial charge in [-0.2, -0.15) is 23.4 Å². The molecule has 0 aliphatic heterocycles. The van der Waals surface area contributed by atoms with E-state index < -0.39 is 11.9 Å². The van der Waals surface area contributed by atoms with Gasteiger partial charge < -0.3 is 5.32 Å². The molecule has 1 N–H and O–H groups in total. The second-order valence-electron chi connectivity index (χ2n) is 6.05. The highest BCUT2D eigenvalue weighted by Gasteiger charge is 2.39. The van der Waals surface area contributed by atoms with E-state index >= 15 is 0 Å². The van der Waals surface area contributed by atoms with E-state index in [4.69, 9.17) is 0 Å². The average molecular weight is 484 g/mol. The van der Waals surface area contributed by atoms with Crippen LogP contribution in [0, 0.1) is 0 Å². The maximum atomic E-state index is 13.0. The van der Waals surface area contributed by atoms with Gasteiger partial charge in [0.25, 0.3) is 0 Å². The predicted molar refractivity (Wildman–Crippen MR) is 106 cm³/mol. The fourth-order valence-corrected chi connectivity index (χ4v) is 4.39. The van der Waals surface area contributed by atoms with Gasteiger partial charge in [0.15, 0.2) is 16.5 Å². The van der Waals surface area contributed by atoms with Gasteiger partial charge in [-0.15, -0.1) is 10.2 Å². The van der Waals surface area contributed by atoms with Crippen LogP contribution in [0.25, 0.3) is 10.7 Å². The molecule has 0 amide bonds. The van der Waals surface area contributed by atoms with Crippen LogP contribution in [0.5, 0.6) is 0 Å². The van der Waals surface area contributed by atoms with E-state index in [0.29, 0.717) is 22.5 Å². The minimum Gasteiger partial charge on any atom is -0.313 e. The SMILES string of the molecule is Cn1nc(C(F)(F)F)c(Br)c1-c1nnc(Nc2ccn(Cc3ccccc3)n2)s1. The van der Waals surface area contributed by atoms with Crippen LogP contribution >= 0.6 is 27.3 Å². The molecule has 0 saturated heterocycles. The predicted octanol–water partition coefficient (Wildman–Crippen LogP) is 4.71. The largest absolute Gasteiger partial charge is 0.436 e. The number of nitrogens with zero attached hydrogens (tertiary/aromatic N) is 6. The van der Waals surface area contributed by atoms with Gasteiger partial charge in [-0.3, -0.25) is 9.36 Å². The molecule has 0 saturated carbocycles. The van der Waals surface area contributed by atoms with E-state index in [2.05, 4.69) is 41.6 Å². The molecule has 0 radical (unpaired) electrons. The number of hydrogen-bond donors (Lipinski definition) is 1. The Morgan fingerprint density at radius 2 is 1.86 bits per heavy atom. The third kappa shape index (κ3) is 4.17. The Morgan fingerprint density at radius 3 is 2.55 bits per heavy atom. The summed E-state index contributed by atoms with van der Waals surface area (Å²) in [4.78, 5) is 0. The van der Waals surface area contributed by atoms with Crippen LogP contribution < -0.4 is 5.32 Å². The molecule has 3 heterocycles. The van der Waals surface area contributed by atoms with Gasteiger partial charge in [-0.1, -0.05) is 41.7 Å². The van der Waals surface area contributed by atoms with Gasteiger partial charge in [0, 0.05) is 19.3 Å². The summed E-state index contributed by atoms with van der Waals surface area (Å²) in [7, 11) is 1.43. The second-order valence-corrected chi connectivity index (χ2v) is 7.82. The molecule has 4 aromatic rings. The highest BCUT2D eigenvalue weighted by molar-refractivity contribution is 9.10. The maximum absolute atomic E-state index is 13.0. The van der Waals surface area contributed by atoms with Crippen molar-refractivity contribution in [1.82, 2.24) is 29.8 Å². The summed E-state index contributed by atoms with van der Waals surface area (Å²) >= 11 is 4.09. The average Bonchev–Trinajstić information content (AvgIpc) is 3.36. The van der Waals surface area contributed by atoms with Crippen molar-refractivity contribution in [3.05, 3.63) is 58.3 Å². The first-order chi connectivity index (χ1) is 13.8. The van der Waals surface area contributed by atoms with Crippen molar-refractivity contribution in [3.8, 4) is 10.7 Å². The summed E-state index contributed by atoms with van der Waals surface area (Å²) in [5, 5.41) is 19.7. The zero-order valence-electron chi connectivity index (χ0n) is 14.9. The number of nitrogens with one attached hydrogen (secondary N) is 1. The molecule has 0 aliphatic carbocycles. The molecule has 0 fully saturated rings. The molecular weight excluding hydrogens is 471 g/mol. The van der Waals surface area contributed by atoms with Crippen molar-refractivity contribution in [1.29, 1.82) is 0 Å². The molecule has 12 heteroatoms. The maximum Gasteiger partial charge on any atom is 0.436 e. The summed E-state index contributed by atoms with van der Waals surface area (Å²) in [5.41, 5.74) is 0.318. The molecule has 29 heavy (non-hydrogen) atoms. The summed E-state index contributed by atoms with van der Waals surface area (Å²) < 4.78 is 41.9. The summed E-state index contributed by atoms with van der Waals surface area (Å²) in [6.07, 6.45) is -2.74. The van der Waals surface area contributed by atoms with Crippen LogP contribution in [0.2, 0.25) is 0 Å². The van der Waals surface area contributed by atoms with Gasteiger partial charge in [-0.05, 0) is 21.5 Å². The van der Waals surface area contributed by atoms with Crippen molar-refractivity contribution < 1.29 is 13.2 Å². The van der Waals surface area contributed by atoms with Crippen LogP contribution in [-0.4, -0.2) is 29.8 Å². The fourth-order valence-electron chi connectivity index (χ4n) is 2.68. The Kier molecular flexibility index (Phi) is 5.13. The monoisotopic (exact) mass is 483 g/mol. The number of rotatable bonds is 5. The second kappa shape index (κ2) is 7.59. The van der Waals surface area contributed by atoms with E-state index in [1.165, 1.54) is 7.05 Å². The van der Waals surface area contributed by atoms with E-state index in [-0.39, 0.29) is 10.2 Å². The molecule has 0 aliphatic rings. The Morgan fingerprint density at radius 1 is 1.10 bits per heavy atom. The molecule has 0 atom stereocenters. The van der Waals surface area contributed by atoms with Crippen LogP contribution in [0.4, 0.5) is 24.1 Å².